The van der Waals surface area contributed by atoms with Crippen LogP contribution < -0.4 is 0 Å². The van der Waals surface area contributed by atoms with Crippen molar-refractivity contribution < 1.29 is 9.18 Å². The molecule has 3 rings (SSSR count). The van der Waals surface area contributed by atoms with E-state index in [1.165, 1.54) is 6.07 Å². The molecule has 1 heterocycles. The van der Waals surface area contributed by atoms with Crippen molar-refractivity contribution in [1.82, 2.24) is 5.01 Å². The molecule has 3 nitrogen and oxygen atoms in total. The number of ketones is 1. The number of nitrogens with zero attached hydrogens (tertiary/aromatic N) is 2. The topological polar surface area (TPSA) is 32.7 Å². The Labute approximate surface area is 171 Å². The first-order valence-electron chi connectivity index (χ1n) is 9.94. The van der Waals surface area contributed by atoms with Crippen molar-refractivity contribution in [2.75, 3.05) is 6.54 Å². The number of Topliss-reactive ketones (excluding diaryl/α,β-unsaturated/α-hetero) is 1. The lowest BCUT2D eigenvalue weighted by molar-refractivity contribution is -0.113. The predicted molar refractivity (Wildman–Crippen MR) is 112 cm³/mol. The molecule has 1 aliphatic rings. The van der Waals surface area contributed by atoms with Crippen molar-refractivity contribution in [1.29, 1.82) is 0 Å². The van der Waals surface area contributed by atoms with E-state index in [1.54, 1.807) is 12.1 Å². The van der Waals surface area contributed by atoms with Gasteiger partial charge in [-0.1, -0.05) is 61.7 Å². The van der Waals surface area contributed by atoms with Gasteiger partial charge in [0.15, 0.2) is 5.78 Å². The Morgan fingerprint density at radius 2 is 1.93 bits per heavy atom. The van der Waals surface area contributed by atoms with E-state index in [4.69, 9.17) is 11.6 Å². The monoisotopic (exact) mass is 400 g/mol. The van der Waals surface area contributed by atoms with Crippen LogP contribution in [0.2, 0.25) is 5.02 Å². The number of hydrazone groups is 1. The number of rotatable bonds is 9. The molecule has 5 heteroatoms. The molecule has 0 amide bonds. The second-order valence-corrected chi connectivity index (χ2v) is 7.64. The molecule has 2 aromatic carbocycles. The largest absolute Gasteiger partial charge is 0.293 e. The second kappa shape index (κ2) is 9.83. The smallest absolute Gasteiger partial charge is 0.179 e. The number of carbonyl (C=O) groups is 1. The van der Waals surface area contributed by atoms with Crippen molar-refractivity contribution in [3.05, 3.63) is 70.5 Å². The predicted octanol–water partition coefficient (Wildman–Crippen LogP) is 5.97. The lowest BCUT2D eigenvalue weighted by Crippen LogP contribution is -2.21. The summed E-state index contributed by atoms with van der Waals surface area (Å²) in [5, 5.41) is 7.19. The standard InChI is InChI=1S/C23H26ClFN2O/c1-2-3-6-15-27-22(19-7-4-5-8-20(19)25)16-21(26-27)23(28)14-11-17-9-12-18(24)13-10-17/h4-5,7-10,12-13,22H,2-3,6,11,14-16H2,1H3. The zero-order chi connectivity index (χ0) is 19.9. The molecule has 2 aromatic rings. The summed E-state index contributed by atoms with van der Waals surface area (Å²) in [7, 11) is 0. The summed E-state index contributed by atoms with van der Waals surface area (Å²) in [6.45, 7) is 2.88. The van der Waals surface area contributed by atoms with Crippen LogP contribution in [0.5, 0.6) is 0 Å². The molecule has 0 fully saturated rings. The number of hydrogen-bond donors (Lipinski definition) is 0. The third-order valence-electron chi connectivity index (χ3n) is 5.13. The minimum atomic E-state index is -0.238. The van der Waals surface area contributed by atoms with Crippen LogP contribution in [0, 0.1) is 5.82 Å². The summed E-state index contributed by atoms with van der Waals surface area (Å²) in [5.74, 6) is -0.202. The number of unbranched alkanes of at least 4 members (excludes halogenated alkanes) is 2. The minimum absolute atomic E-state index is 0.0364. The van der Waals surface area contributed by atoms with Crippen LogP contribution in [0.1, 0.15) is 56.2 Å². The number of halogens is 2. The fourth-order valence-electron chi connectivity index (χ4n) is 3.52. The maximum absolute atomic E-state index is 14.4. The summed E-state index contributed by atoms with van der Waals surface area (Å²) in [4.78, 5) is 12.7. The first-order valence-corrected chi connectivity index (χ1v) is 10.3. The van der Waals surface area contributed by atoms with Crippen LogP contribution in [-0.2, 0) is 11.2 Å². The third kappa shape index (κ3) is 5.20. The van der Waals surface area contributed by atoms with Crippen LogP contribution in [0.4, 0.5) is 4.39 Å². The van der Waals surface area contributed by atoms with E-state index >= 15 is 0 Å². The summed E-state index contributed by atoms with van der Waals surface area (Å²) in [6, 6.07) is 14.1. The van der Waals surface area contributed by atoms with E-state index in [2.05, 4.69) is 12.0 Å². The number of carbonyl (C=O) groups excluding carboxylic acids is 1. The van der Waals surface area contributed by atoms with Gasteiger partial charge < -0.3 is 0 Å². The Morgan fingerprint density at radius 3 is 2.64 bits per heavy atom. The van der Waals surface area contributed by atoms with E-state index in [-0.39, 0.29) is 17.6 Å². The Hall–Kier alpha value is -2.20. The molecule has 1 unspecified atom stereocenters. The van der Waals surface area contributed by atoms with Crippen molar-refractivity contribution >= 4 is 23.1 Å². The SMILES string of the molecule is CCCCCN1N=C(C(=O)CCc2ccc(Cl)cc2)CC1c1ccccc1F. The van der Waals surface area contributed by atoms with Crippen LogP contribution in [0.3, 0.4) is 0 Å². The Kier molecular flexibility index (Phi) is 7.21. The van der Waals surface area contributed by atoms with E-state index in [0.717, 1.165) is 31.4 Å². The van der Waals surface area contributed by atoms with E-state index in [1.807, 2.05) is 35.3 Å². The second-order valence-electron chi connectivity index (χ2n) is 7.21. The highest BCUT2D eigenvalue weighted by atomic mass is 35.5. The first kappa shape index (κ1) is 20.5. The summed E-state index contributed by atoms with van der Waals surface area (Å²) >= 11 is 5.91. The maximum Gasteiger partial charge on any atom is 0.179 e. The van der Waals surface area contributed by atoms with Gasteiger partial charge in [-0.05, 0) is 36.6 Å². The van der Waals surface area contributed by atoms with Gasteiger partial charge in [-0.25, -0.2) is 4.39 Å². The van der Waals surface area contributed by atoms with E-state index in [9.17, 15) is 9.18 Å². The third-order valence-corrected chi connectivity index (χ3v) is 5.38. The van der Waals surface area contributed by atoms with E-state index < -0.39 is 0 Å². The molecule has 0 radical (unpaired) electrons. The average Bonchev–Trinajstić information content (AvgIpc) is 3.12. The van der Waals surface area contributed by atoms with Gasteiger partial charge in [0.25, 0.3) is 0 Å². The molecular formula is C23H26ClFN2O. The van der Waals surface area contributed by atoms with Gasteiger partial charge in [0.2, 0.25) is 0 Å². The number of hydrogen-bond acceptors (Lipinski definition) is 3. The van der Waals surface area contributed by atoms with Crippen LogP contribution >= 0.6 is 11.6 Å². The Bertz CT molecular complexity index is 835. The molecule has 0 aromatic heterocycles. The number of benzene rings is 2. The van der Waals surface area contributed by atoms with Gasteiger partial charge in [0.1, 0.15) is 11.5 Å². The molecule has 0 N–H and O–H groups in total. The summed E-state index contributed by atoms with van der Waals surface area (Å²) in [5.41, 5.74) is 2.24. The molecular weight excluding hydrogens is 375 g/mol. The van der Waals surface area contributed by atoms with Gasteiger partial charge in [0, 0.05) is 30.0 Å². The summed E-state index contributed by atoms with van der Waals surface area (Å²) < 4.78 is 14.4. The highest BCUT2D eigenvalue weighted by Crippen LogP contribution is 2.33. The van der Waals surface area contributed by atoms with Gasteiger partial charge in [-0.15, -0.1) is 0 Å². The maximum atomic E-state index is 14.4. The lowest BCUT2D eigenvalue weighted by atomic mass is 9.97. The molecule has 0 aliphatic carbocycles. The van der Waals surface area contributed by atoms with Crippen LogP contribution in [0.25, 0.3) is 0 Å². The lowest BCUT2D eigenvalue weighted by Gasteiger charge is -2.24. The highest BCUT2D eigenvalue weighted by molar-refractivity contribution is 6.40. The van der Waals surface area contributed by atoms with Gasteiger partial charge in [-0.3, -0.25) is 9.80 Å². The highest BCUT2D eigenvalue weighted by Gasteiger charge is 2.32. The first-order chi connectivity index (χ1) is 13.6. The normalized spacial score (nSPS) is 16.3. The average molecular weight is 401 g/mol. The van der Waals surface area contributed by atoms with Crippen LogP contribution in [0.15, 0.2) is 53.6 Å². The van der Waals surface area contributed by atoms with Gasteiger partial charge >= 0.3 is 0 Å². The van der Waals surface area contributed by atoms with Gasteiger partial charge in [0.05, 0.1) is 6.04 Å². The molecule has 0 spiro atoms. The molecule has 1 atom stereocenters. The minimum Gasteiger partial charge on any atom is -0.293 e. The van der Waals surface area contributed by atoms with Crippen molar-refractivity contribution in [2.24, 2.45) is 5.10 Å². The Morgan fingerprint density at radius 1 is 1.18 bits per heavy atom. The quantitative estimate of drug-likeness (QED) is 0.485. The fraction of sp³-hybridized carbons (Fsp3) is 0.391. The molecule has 0 bridgehead atoms. The van der Waals surface area contributed by atoms with Crippen molar-refractivity contribution in [3.63, 3.8) is 0 Å². The van der Waals surface area contributed by atoms with Crippen molar-refractivity contribution in [3.8, 4) is 0 Å². The van der Waals surface area contributed by atoms with Gasteiger partial charge in [-0.2, -0.15) is 5.10 Å². The van der Waals surface area contributed by atoms with Crippen LogP contribution in [-0.4, -0.2) is 23.0 Å². The molecule has 28 heavy (non-hydrogen) atoms. The fourth-order valence-corrected chi connectivity index (χ4v) is 3.65. The zero-order valence-electron chi connectivity index (χ0n) is 16.2. The number of aryl methyl sites for hydroxylation is 1. The molecule has 0 saturated heterocycles. The van der Waals surface area contributed by atoms with E-state index in [0.29, 0.717) is 35.6 Å². The summed E-state index contributed by atoms with van der Waals surface area (Å²) in [6.07, 6.45) is 4.69. The molecule has 148 valence electrons. The molecule has 1 aliphatic heterocycles. The Balaban J connectivity index is 1.69. The van der Waals surface area contributed by atoms with Crippen molar-refractivity contribution in [2.45, 2.75) is 51.5 Å². The zero-order valence-corrected chi connectivity index (χ0v) is 17.0. The molecule has 0 saturated carbocycles.